The van der Waals surface area contributed by atoms with Crippen LogP contribution in [0.2, 0.25) is 0 Å². The summed E-state index contributed by atoms with van der Waals surface area (Å²) < 4.78 is 0. The average Bonchev–Trinajstić information content (AvgIpc) is 2.61. The number of hydrogen-bond acceptors (Lipinski definition) is 2. The molecule has 124 valence electrons. The normalized spacial score (nSPS) is 28.0. The van der Waals surface area contributed by atoms with E-state index in [1.807, 2.05) is 18.0 Å². The maximum absolute atomic E-state index is 12.8. The lowest BCUT2D eigenvalue weighted by molar-refractivity contribution is -0.139. The maximum Gasteiger partial charge on any atom is 0.245 e. The van der Waals surface area contributed by atoms with E-state index in [1.165, 1.54) is 18.4 Å². The Labute approximate surface area is 138 Å². The van der Waals surface area contributed by atoms with Crippen LogP contribution in [0.25, 0.3) is 0 Å². The van der Waals surface area contributed by atoms with E-state index in [-0.39, 0.29) is 23.9 Å². The second-order valence-electron chi connectivity index (χ2n) is 6.83. The zero-order valence-corrected chi connectivity index (χ0v) is 13.8. The number of benzene rings is 1. The van der Waals surface area contributed by atoms with Gasteiger partial charge in [0.1, 0.15) is 6.04 Å². The van der Waals surface area contributed by atoms with Crippen molar-refractivity contribution >= 4 is 11.8 Å². The first-order valence-electron chi connectivity index (χ1n) is 8.78. The number of likely N-dealkylation sites (N-methyl/N-ethyl adjacent to an activating group) is 1. The SMILES string of the molecule is CN(C(=O)C1CCCC(=O)N1)C1CCCCC1c1ccccc1. The number of amides is 2. The molecule has 1 N–H and O–H groups in total. The highest BCUT2D eigenvalue weighted by atomic mass is 16.2. The summed E-state index contributed by atoms with van der Waals surface area (Å²) in [4.78, 5) is 26.3. The Morgan fingerprint density at radius 2 is 1.83 bits per heavy atom. The fourth-order valence-electron chi connectivity index (χ4n) is 4.06. The molecule has 0 aromatic heterocycles. The van der Waals surface area contributed by atoms with E-state index in [1.54, 1.807) is 0 Å². The van der Waals surface area contributed by atoms with Gasteiger partial charge in [-0.05, 0) is 31.2 Å². The van der Waals surface area contributed by atoms with Gasteiger partial charge in [0.25, 0.3) is 0 Å². The summed E-state index contributed by atoms with van der Waals surface area (Å²) in [6, 6.07) is 10.4. The summed E-state index contributed by atoms with van der Waals surface area (Å²) in [6.07, 6.45) is 6.68. The first-order valence-corrected chi connectivity index (χ1v) is 8.78. The predicted molar refractivity (Wildman–Crippen MR) is 90.0 cm³/mol. The summed E-state index contributed by atoms with van der Waals surface area (Å²) in [6.45, 7) is 0. The van der Waals surface area contributed by atoms with E-state index in [0.717, 1.165) is 25.7 Å². The van der Waals surface area contributed by atoms with Gasteiger partial charge in [-0.2, -0.15) is 0 Å². The minimum absolute atomic E-state index is 0.00579. The number of rotatable bonds is 3. The van der Waals surface area contributed by atoms with Gasteiger partial charge in [0, 0.05) is 25.4 Å². The molecule has 0 bridgehead atoms. The Morgan fingerprint density at radius 1 is 1.09 bits per heavy atom. The molecular weight excluding hydrogens is 288 g/mol. The van der Waals surface area contributed by atoms with Crippen LogP contribution >= 0.6 is 0 Å². The molecule has 1 heterocycles. The molecule has 0 radical (unpaired) electrons. The fraction of sp³-hybridized carbons (Fsp3) is 0.579. The number of hydrogen-bond donors (Lipinski definition) is 1. The molecule has 2 fully saturated rings. The van der Waals surface area contributed by atoms with Gasteiger partial charge in [-0.15, -0.1) is 0 Å². The van der Waals surface area contributed by atoms with Crippen molar-refractivity contribution in [3.8, 4) is 0 Å². The van der Waals surface area contributed by atoms with Crippen LogP contribution < -0.4 is 5.32 Å². The maximum atomic E-state index is 12.8. The van der Waals surface area contributed by atoms with Gasteiger partial charge in [0.15, 0.2) is 0 Å². The van der Waals surface area contributed by atoms with E-state index in [4.69, 9.17) is 0 Å². The molecule has 1 saturated carbocycles. The highest BCUT2D eigenvalue weighted by Crippen LogP contribution is 2.36. The van der Waals surface area contributed by atoms with Crippen LogP contribution in [0.4, 0.5) is 0 Å². The van der Waals surface area contributed by atoms with Crippen LogP contribution in [-0.2, 0) is 9.59 Å². The van der Waals surface area contributed by atoms with Crippen molar-refractivity contribution in [2.24, 2.45) is 0 Å². The van der Waals surface area contributed by atoms with E-state index in [0.29, 0.717) is 12.3 Å². The van der Waals surface area contributed by atoms with Gasteiger partial charge in [-0.3, -0.25) is 9.59 Å². The lowest BCUT2D eigenvalue weighted by atomic mass is 9.79. The summed E-state index contributed by atoms with van der Waals surface area (Å²) in [5.74, 6) is 0.482. The highest BCUT2D eigenvalue weighted by Gasteiger charge is 2.35. The third-order valence-corrected chi connectivity index (χ3v) is 5.33. The van der Waals surface area contributed by atoms with Crippen molar-refractivity contribution in [3.05, 3.63) is 35.9 Å². The standard InChI is InChI=1S/C19H26N2O2/c1-21(19(23)16-11-7-13-18(22)20-16)17-12-6-5-10-15(17)14-8-3-2-4-9-14/h2-4,8-9,15-17H,5-7,10-13H2,1H3,(H,20,22). The molecule has 1 aliphatic carbocycles. The van der Waals surface area contributed by atoms with Crippen molar-refractivity contribution in [3.63, 3.8) is 0 Å². The van der Waals surface area contributed by atoms with Gasteiger partial charge in [-0.25, -0.2) is 0 Å². The summed E-state index contributed by atoms with van der Waals surface area (Å²) in [5.41, 5.74) is 1.32. The van der Waals surface area contributed by atoms with E-state index in [9.17, 15) is 9.59 Å². The zero-order valence-electron chi connectivity index (χ0n) is 13.8. The Hall–Kier alpha value is -1.84. The summed E-state index contributed by atoms with van der Waals surface area (Å²) in [7, 11) is 1.91. The monoisotopic (exact) mass is 314 g/mol. The van der Waals surface area contributed by atoms with Gasteiger partial charge in [0.05, 0.1) is 0 Å². The van der Waals surface area contributed by atoms with Crippen LogP contribution in [0, 0.1) is 0 Å². The van der Waals surface area contributed by atoms with Crippen molar-refractivity contribution < 1.29 is 9.59 Å². The Morgan fingerprint density at radius 3 is 2.57 bits per heavy atom. The summed E-state index contributed by atoms with van der Waals surface area (Å²) >= 11 is 0. The summed E-state index contributed by atoms with van der Waals surface area (Å²) in [5, 5.41) is 2.86. The molecule has 4 heteroatoms. The molecular formula is C19H26N2O2. The molecule has 4 nitrogen and oxygen atoms in total. The lowest BCUT2D eigenvalue weighted by Gasteiger charge is -2.40. The zero-order chi connectivity index (χ0) is 16.2. The Bertz CT molecular complexity index is 558. The predicted octanol–water partition coefficient (Wildman–Crippen LogP) is 2.84. The van der Waals surface area contributed by atoms with Gasteiger partial charge < -0.3 is 10.2 Å². The van der Waals surface area contributed by atoms with Crippen molar-refractivity contribution in [1.82, 2.24) is 10.2 Å². The smallest absolute Gasteiger partial charge is 0.245 e. The largest absolute Gasteiger partial charge is 0.344 e. The third kappa shape index (κ3) is 3.57. The number of nitrogens with zero attached hydrogens (tertiary/aromatic N) is 1. The third-order valence-electron chi connectivity index (χ3n) is 5.33. The molecule has 3 rings (SSSR count). The average molecular weight is 314 g/mol. The van der Waals surface area contributed by atoms with Gasteiger partial charge >= 0.3 is 0 Å². The van der Waals surface area contributed by atoms with Gasteiger partial charge in [0.2, 0.25) is 11.8 Å². The van der Waals surface area contributed by atoms with Crippen LogP contribution in [0.5, 0.6) is 0 Å². The second-order valence-corrected chi connectivity index (χ2v) is 6.83. The lowest BCUT2D eigenvalue weighted by Crippen LogP contribution is -2.53. The number of carbonyl (C=O) groups is 2. The molecule has 3 atom stereocenters. The molecule has 1 aromatic carbocycles. The first kappa shape index (κ1) is 16.0. The van der Waals surface area contributed by atoms with Gasteiger partial charge in [-0.1, -0.05) is 43.2 Å². The van der Waals surface area contributed by atoms with E-state index in [2.05, 4.69) is 29.6 Å². The number of nitrogens with one attached hydrogen (secondary N) is 1. The van der Waals surface area contributed by atoms with Crippen molar-refractivity contribution in [2.45, 2.75) is 62.9 Å². The van der Waals surface area contributed by atoms with Crippen LogP contribution in [0.15, 0.2) is 30.3 Å². The number of piperidine rings is 1. The van der Waals surface area contributed by atoms with E-state index < -0.39 is 0 Å². The van der Waals surface area contributed by atoms with Crippen LogP contribution in [0.1, 0.15) is 56.4 Å². The minimum Gasteiger partial charge on any atom is -0.344 e. The van der Waals surface area contributed by atoms with Crippen molar-refractivity contribution in [1.29, 1.82) is 0 Å². The quantitative estimate of drug-likeness (QED) is 0.932. The minimum atomic E-state index is -0.334. The fourth-order valence-corrected chi connectivity index (χ4v) is 4.06. The second kappa shape index (κ2) is 7.16. The van der Waals surface area contributed by atoms with Crippen LogP contribution in [0.3, 0.4) is 0 Å². The molecule has 1 saturated heterocycles. The Kier molecular flexibility index (Phi) is 4.99. The van der Waals surface area contributed by atoms with E-state index >= 15 is 0 Å². The molecule has 2 amide bonds. The highest BCUT2D eigenvalue weighted by molar-refractivity contribution is 5.88. The molecule has 0 spiro atoms. The number of carbonyl (C=O) groups excluding carboxylic acids is 2. The van der Waals surface area contributed by atoms with Crippen LogP contribution in [-0.4, -0.2) is 35.8 Å². The molecule has 3 unspecified atom stereocenters. The first-order chi connectivity index (χ1) is 11.2. The Balaban J connectivity index is 1.74. The molecule has 1 aromatic rings. The molecule has 2 aliphatic rings. The molecule has 1 aliphatic heterocycles. The van der Waals surface area contributed by atoms with Crippen molar-refractivity contribution in [2.75, 3.05) is 7.05 Å². The topological polar surface area (TPSA) is 49.4 Å². The molecule has 23 heavy (non-hydrogen) atoms.